The molecule has 0 aliphatic rings. The van der Waals surface area contributed by atoms with Crippen LogP contribution >= 0.6 is 15.9 Å². The van der Waals surface area contributed by atoms with Crippen molar-refractivity contribution in [1.29, 1.82) is 5.26 Å². The quantitative estimate of drug-likeness (QED) is 0.261. The van der Waals surface area contributed by atoms with Crippen LogP contribution in [0.4, 0.5) is 0 Å². The standard InChI is InChI=1S/C16H12BrNO3/c1-3-7-20-15-6-5-14(17)10-12(15)9-13(11-18)16(19)21-8-4-2/h1,4-6,9-10H,2,7-8H2/b13-9+. The minimum Gasteiger partial charge on any atom is -0.480 e. The van der Waals surface area contributed by atoms with Gasteiger partial charge < -0.3 is 9.47 Å². The fraction of sp³-hybridized carbons (Fsp3) is 0.125. The van der Waals surface area contributed by atoms with Gasteiger partial charge in [-0.2, -0.15) is 5.26 Å². The molecular weight excluding hydrogens is 334 g/mol. The Kier molecular flexibility index (Phi) is 6.80. The Hall–Kier alpha value is -2.50. The number of nitriles is 1. The van der Waals surface area contributed by atoms with Gasteiger partial charge in [0, 0.05) is 10.0 Å². The number of benzene rings is 1. The van der Waals surface area contributed by atoms with E-state index in [4.69, 9.17) is 21.2 Å². The lowest BCUT2D eigenvalue weighted by atomic mass is 10.1. The summed E-state index contributed by atoms with van der Waals surface area (Å²) >= 11 is 3.32. The van der Waals surface area contributed by atoms with Crippen LogP contribution in [0.2, 0.25) is 0 Å². The van der Waals surface area contributed by atoms with Gasteiger partial charge in [0.2, 0.25) is 0 Å². The third kappa shape index (κ3) is 5.18. The topological polar surface area (TPSA) is 59.3 Å². The lowest BCUT2D eigenvalue weighted by molar-refractivity contribution is -0.137. The Balaban J connectivity index is 3.12. The van der Waals surface area contributed by atoms with E-state index in [1.165, 1.54) is 12.2 Å². The molecule has 0 atom stereocenters. The molecule has 1 rings (SSSR count). The van der Waals surface area contributed by atoms with Crippen LogP contribution in [-0.2, 0) is 9.53 Å². The van der Waals surface area contributed by atoms with E-state index in [-0.39, 0.29) is 18.8 Å². The van der Waals surface area contributed by atoms with Crippen LogP contribution in [0.25, 0.3) is 6.08 Å². The van der Waals surface area contributed by atoms with E-state index in [2.05, 4.69) is 28.4 Å². The molecule has 21 heavy (non-hydrogen) atoms. The van der Waals surface area contributed by atoms with E-state index >= 15 is 0 Å². The number of hydrogen-bond donors (Lipinski definition) is 0. The molecule has 0 saturated heterocycles. The summed E-state index contributed by atoms with van der Waals surface area (Å²) in [4.78, 5) is 11.7. The van der Waals surface area contributed by atoms with Crippen LogP contribution < -0.4 is 4.74 Å². The highest BCUT2D eigenvalue weighted by molar-refractivity contribution is 9.10. The lowest BCUT2D eigenvalue weighted by Crippen LogP contribution is -2.06. The van der Waals surface area contributed by atoms with Crippen molar-refractivity contribution in [1.82, 2.24) is 0 Å². The van der Waals surface area contributed by atoms with Gasteiger partial charge in [-0.3, -0.25) is 0 Å². The number of hydrogen-bond acceptors (Lipinski definition) is 4. The zero-order valence-electron chi connectivity index (χ0n) is 11.1. The zero-order chi connectivity index (χ0) is 15.7. The second-order valence-corrected chi connectivity index (χ2v) is 4.65. The highest BCUT2D eigenvalue weighted by Gasteiger charge is 2.12. The molecular formula is C16H12BrNO3. The molecule has 1 aromatic carbocycles. The maximum Gasteiger partial charge on any atom is 0.349 e. The van der Waals surface area contributed by atoms with Gasteiger partial charge in [-0.15, -0.1) is 6.42 Å². The number of carbonyl (C=O) groups excluding carboxylic acids is 1. The molecule has 0 aromatic heterocycles. The Morgan fingerprint density at radius 2 is 2.29 bits per heavy atom. The van der Waals surface area contributed by atoms with Crippen molar-refractivity contribution >= 4 is 28.0 Å². The molecule has 0 aliphatic carbocycles. The molecule has 0 N–H and O–H groups in total. The summed E-state index contributed by atoms with van der Waals surface area (Å²) in [6, 6.07) is 6.98. The lowest BCUT2D eigenvalue weighted by Gasteiger charge is -2.08. The number of halogens is 1. The van der Waals surface area contributed by atoms with Gasteiger partial charge in [0.25, 0.3) is 0 Å². The van der Waals surface area contributed by atoms with E-state index in [1.807, 2.05) is 0 Å². The number of nitrogens with zero attached hydrogens (tertiary/aromatic N) is 1. The van der Waals surface area contributed by atoms with Crippen molar-refractivity contribution in [2.24, 2.45) is 0 Å². The first-order valence-corrected chi connectivity index (χ1v) is 6.67. The molecule has 5 heteroatoms. The van der Waals surface area contributed by atoms with Crippen molar-refractivity contribution in [3.05, 3.63) is 46.5 Å². The first-order valence-electron chi connectivity index (χ1n) is 5.88. The molecule has 0 bridgehead atoms. The number of carbonyl (C=O) groups is 1. The Morgan fingerprint density at radius 1 is 1.52 bits per heavy atom. The monoisotopic (exact) mass is 345 g/mol. The highest BCUT2D eigenvalue weighted by atomic mass is 79.9. The summed E-state index contributed by atoms with van der Waals surface area (Å²) in [6.45, 7) is 3.56. The number of esters is 1. The average Bonchev–Trinajstić information content (AvgIpc) is 2.49. The smallest absolute Gasteiger partial charge is 0.349 e. The van der Waals surface area contributed by atoms with Gasteiger partial charge in [-0.05, 0) is 24.3 Å². The summed E-state index contributed by atoms with van der Waals surface area (Å²) in [7, 11) is 0. The largest absolute Gasteiger partial charge is 0.480 e. The zero-order valence-corrected chi connectivity index (χ0v) is 12.7. The van der Waals surface area contributed by atoms with Gasteiger partial charge in [0.1, 0.15) is 30.6 Å². The van der Waals surface area contributed by atoms with Crippen molar-refractivity contribution in [2.75, 3.05) is 13.2 Å². The predicted octanol–water partition coefficient (Wildman–Crippen LogP) is 3.10. The van der Waals surface area contributed by atoms with Crippen molar-refractivity contribution in [3.63, 3.8) is 0 Å². The summed E-state index contributed by atoms with van der Waals surface area (Å²) in [5.41, 5.74) is 0.409. The fourth-order valence-electron chi connectivity index (χ4n) is 1.39. The Morgan fingerprint density at radius 3 is 2.90 bits per heavy atom. The van der Waals surface area contributed by atoms with E-state index in [0.29, 0.717) is 11.3 Å². The summed E-state index contributed by atoms with van der Waals surface area (Å²) < 4.78 is 11.0. The average molecular weight is 346 g/mol. The molecule has 0 fully saturated rings. The molecule has 0 amide bonds. The molecule has 106 valence electrons. The van der Waals surface area contributed by atoms with Gasteiger partial charge >= 0.3 is 5.97 Å². The van der Waals surface area contributed by atoms with Gasteiger partial charge in [0.15, 0.2) is 0 Å². The highest BCUT2D eigenvalue weighted by Crippen LogP contribution is 2.25. The van der Waals surface area contributed by atoms with E-state index in [9.17, 15) is 4.79 Å². The third-order valence-corrected chi connectivity index (χ3v) is 2.75. The minimum atomic E-state index is -0.722. The van der Waals surface area contributed by atoms with Gasteiger partial charge in [0.05, 0.1) is 0 Å². The number of ether oxygens (including phenoxy) is 2. The molecule has 0 heterocycles. The van der Waals surface area contributed by atoms with Crippen LogP contribution in [0.5, 0.6) is 5.75 Å². The first kappa shape index (κ1) is 16.6. The normalized spacial score (nSPS) is 10.1. The number of terminal acetylenes is 1. The predicted molar refractivity (Wildman–Crippen MR) is 83.2 cm³/mol. The number of rotatable bonds is 6. The second-order valence-electron chi connectivity index (χ2n) is 3.73. The molecule has 4 nitrogen and oxygen atoms in total. The Labute approximate surface area is 131 Å². The van der Waals surface area contributed by atoms with Crippen molar-refractivity contribution < 1.29 is 14.3 Å². The van der Waals surface area contributed by atoms with Crippen LogP contribution in [0.1, 0.15) is 5.56 Å². The molecule has 0 saturated carbocycles. The SMILES string of the molecule is C#CCOc1ccc(Br)cc1/C=C(\C#N)C(=O)OCC=C. The molecule has 0 unspecified atom stereocenters. The van der Waals surface area contributed by atoms with Crippen LogP contribution in [-0.4, -0.2) is 19.2 Å². The minimum absolute atomic E-state index is 0.0385. The van der Waals surface area contributed by atoms with Crippen LogP contribution in [0.3, 0.4) is 0 Å². The van der Waals surface area contributed by atoms with E-state index < -0.39 is 5.97 Å². The second kappa shape index (κ2) is 8.63. The first-order chi connectivity index (χ1) is 10.1. The van der Waals surface area contributed by atoms with E-state index in [0.717, 1.165) is 4.47 Å². The third-order valence-electron chi connectivity index (χ3n) is 2.26. The molecule has 0 spiro atoms. The van der Waals surface area contributed by atoms with Gasteiger partial charge in [-0.25, -0.2) is 4.79 Å². The van der Waals surface area contributed by atoms with Gasteiger partial charge in [-0.1, -0.05) is 34.5 Å². The molecule has 1 aromatic rings. The van der Waals surface area contributed by atoms with Crippen LogP contribution in [0.15, 0.2) is 40.9 Å². The maximum atomic E-state index is 11.7. The molecule has 0 radical (unpaired) electrons. The maximum absolute atomic E-state index is 11.7. The fourth-order valence-corrected chi connectivity index (χ4v) is 1.77. The van der Waals surface area contributed by atoms with Crippen molar-refractivity contribution in [2.45, 2.75) is 0 Å². The van der Waals surface area contributed by atoms with Crippen molar-refractivity contribution in [3.8, 4) is 24.2 Å². The summed E-state index contributed by atoms with van der Waals surface area (Å²) in [6.07, 6.45) is 7.97. The molecule has 0 aliphatic heterocycles. The Bertz CT molecular complexity index is 650. The van der Waals surface area contributed by atoms with E-state index in [1.54, 1.807) is 24.3 Å². The summed E-state index contributed by atoms with van der Waals surface area (Å²) in [5.74, 6) is 2.10. The van der Waals surface area contributed by atoms with Crippen LogP contribution in [0, 0.1) is 23.7 Å². The summed E-state index contributed by atoms with van der Waals surface area (Å²) in [5, 5.41) is 9.06.